The molecule has 4 atom stereocenters. The fraction of sp³-hybridized carbons (Fsp3) is 0.378. The number of primary amides is 1. The average molecular weight is 731 g/mol. The Kier molecular flexibility index (Phi) is 18.3. The molecule has 0 aliphatic heterocycles. The van der Waals surface area contributed by atoms with Gasteiger partial charge in [-0.1, -0.05) is 91.0 Å². The Morgan fingerprint density at radius 1 is 0.528 bits per heavy atom. The van der Waals surface area contributed by atoms with Crippen molar-refractivity contribution in [1.29, 1.82) is 0 Å². The molecule has 0 fully saturated rings. The lowest BCUT2D eigenvalue weighted by molar-refractivity contribution is 0.226. The predicted octanol–water partition coefficient (Wildman–Crippen LogP) is 0.767. The summed E-state index contributed by atoms with van der Waals surface area (Å²) in [5, 5.41) is 19.9. The van der Waals surface area contributed by atoms with Crippen molar-refractivity contribution < 1.29 is 19.2 Å². The number of guanidine groups is 1. The molecule has 15 N–H and O–H groups in total. The van der Waals surface area contributed by atoms with Crippen LogP contribution < -0.4 is 60.2 Å². The Labute approximate surface area is 310 Å². The van der Waals surface area contributed by atoms with Crippen molar-refractivity contribution in [3.63, 3.8) is 0 Å². The minimum atomic E-state index is -0.704. The molecule has 3 aromatic rings. The van der Waals surface area contributed by atoms with E-state index in [4.69, 9.17) is 22.9 Å². The third-order valence-electron chi connectivity index (χ3n) is 8.14. The Morgan fingerprint density at radius 3 is 1.32 bits per heavy atom. The molecule has 16 heteroatoms. The van der Waals surface area contributed by atoms with Gasteiger partial charge >= 0.3 is 24.1 Å². The smallest absolute Gasteiger partial charge is 0.315 e. The normalized spacial score (nSPS) is 12.8. The molecule has 0 saturated carbocycles. The monoisotopic (exact) mass is 730 g/mol. The SMILES string of the molecule is NCC(Cc1ccccc1)NC(=O)NCC(Cc1ccccc1)NC(=O)NCC(CCCN=C(N)N)NC(=O)NCC(Cc1ccccc1)NC(N)=O. The lowest BCUT2D eigenvalue weighted by atomic mass is 10.1. The molecule has 0 radical (unpaired) electrons. The molecule has 0 aliphatic carbocycles. The van der Waals surface area contributed by atoms with Crippen molar-refractivity contribution in [2.24, 2.45) is 27.9 Å². The number of nitrogens with two attached hydrogens (primary N) is 4. The van der Waals surface area contributed by atoms with E-state index >= 15 is 0 Å². The fourth-order valence-corrected chi connectivity index (χ4v) is 5.57. The first-order chi connectivity index (χ1) is 25.6. The summed E-state index contributed by atoms with van der Waals surface area (Å²) in [6.07, 6.45) is 2.45. The summed E-state index contributed by atoms with van der Waals surface area (Å²) in [5.41, 5.74) is 25.2. The van der Waals surface area contributed by atoms with Gasteiger partial charge < -0.3 is 60.2 Å². The Morgan fingerprint density at radius 2 is 0.906 bits per heavy atom. The Bertz CT molecular complexity index is 1560. The molecule has 0 heterocycles. The minimum absolute atomic E-state index is 0.0438. The van der Waals surface area contributed by atoms with E-state index in [0.717, 1.165) is 16.7 Å². The molecule has 3 aromatic carbocycles. The molecular formula is C37H54N12O4. The summed E-state index contributed by atoms with van der Waals surface area (Å²) < 4.78 is 0. The zero-order valence-corrected chi connectivity index (χ0v) is 29.9. The van der Waals surface area contributed by atoms with Crippen molar-refractivity contribution in [2.45, 2.75) is 56.3 Å². The highest BCUT2D eigenvalue weighted by Gasteiger charge is 2.19. The number of aliphatic imine (C=N–C) groups is 1. The van der Waals surface area contributed by atoms with Gasteiger partial charge in [-0.05, 0) is 48.8 Å². The molecule has 8 amide bonds. The topological polar surface area (TPSA) is 269 Å². The van der Waals surface area contributed by atoms with Gasteiger partial charge in [0, 0.05) is 44.8 Å². The van der Waals surface area contributed by atoms with Crippen LogP contribution in [0.15, 0.2) is 96.0 Å². The van der Waals surface area contributed by atoms with E-state index in [2.05, 4.69) is 42.2 Å². The van der Waals surface area contributed by atoms with E-state index in [1.165, 1.54) is 0 Å². The van der Waals surface area contributed by atoms with Gasteiger partial charge in [0.2, 0.25) is 0 Å². The van der Waals surface area contributed by atoms with Gasteiger partial charge in [-0.3, -0.25) is 4.99 Å². The molecule has 0 saturated heterocycles. The van der Waals surface area contributed by atoms with Crippen molar-refractivity contribution in [3.05, 3.63) is 108 Å². The van der Waals surface area contributed by atoms with Crippen LogP contribution in [0.4, 0.5) is 19.2 Å². The number of carbonyl (C=O) groups is 4. The molecular weight excluding hydrogens is 676 g/mol. The summed E-state index contributed by atoms with van der Waals surface area (Å²) in [4.78, 5) is 54.7. The van der Waals surface area contributed by atoms with Gasteiger partial charge in [-0.25, -0.2) is 19.2 Å². The number of benzene rings is 3. The van der Waals surface area contributed by atoms with Crippen molar-refractivity contribution in [2.75, 3.05) is 32.7 Å². The molecule has 286 valence electrons. The zero-order chi connectivity index (χ0) is 38.3. The van der Waals surface area contributed by atoms with Gasteiger partial charge in [-0.2, -0.15) is 0 Å². The van der Waals surface area contributed by atoms with Gasteiger partial charge in [0.15, 0.2) is 5.96 Å². The van der Waals surface area contributed by atoms with Crippen LogP contribution in [0.2, 0.25) is 0 Å². The number of nitrogens with one attached hydrogen (secondary N) is 7. The number of urea groups is 4. The van der Waals surface area contributed by atoms with E-state index in [1.54, 1.807) is 0 Å². The molecule has 53 heavy (non-hydrogen) atoms. The molecule has 0 bridgehead atoms. The van der Waals surface area contributed by atoms with Crippen LogP contribution in [0.5, 0.6) is 0 Å². The van der Waals surface area contributed by atoms with Crippen LogP contribution >= 0.6 is 0 Å². The second kappa shape index (κ2) is 23.4. The van der Waals surface area contributed by atoms with E-state index < -0.39 is 42.2 Å². The largest absolute Gasteiger partial charge is 0.370 e. The molecule has 0 spiro atoms. The molecule has 0 aromatic heterocycles. The summed E-state index contributed by atoms with van der Waals surface area (Å²) >= 11 is 0. The fourth-order valence-electron chi connectivity index (χ4n) is 5.57. The number of amides is 8. The third kappa shape index (κ3) is 18.2. The van der Waals surface area contributed by atoms with Crippen LogP contribution in [0.25, 0.3) is 0 Å². The summed E-state index contributed by atoms with van der Waals surface area (Å²) in [6.45, 7) is 0.923. The third-order valence-corrected chi connectivity index (χ3v) is 8.14. The highest BCUT2D eigenvalue weighted by molar-refractivity contribution is 5.77. The highest BCUT2D eigenvalue weighted by atomic mass is 16.2. The number of carbonyl (C=O) groups excluding carboxylic acids is 4. The number of nitrogens with zero attached hydrogens (tertiary/aromatic N) is 1. The second-order valence-corrected chi connectivity index (χ2v) is 12.6. The number of hydrogen-bond acceptors (Lipinski definition) is 6. The average Bonchev–Trinajstić information content (AvgIpc) is 3.14. The zero-order valence-electron chi connectivity index (χ0n) is 29.9. The second-order valence-electron chi connectivity index (χ2n) is 12.6. The van der Waals surface area contributed by atoms with Crippen LogP contribution in [-0.2, 0) is 19.3 Å². The van der Waals surface area contributed by atoms with E-state index in [0.29, 0.717) is 38.6 Å². The van der Waals surface area contributed by atoms with Crippen LogP contribution in [0.3, 0.4) is 0 Å². The number of hydrogen-bond donors (Lipinski definition) is 11. The van der Waals surface area contributed by atoms with Gasteiger partial charge in [0.25, 0.3) is 0 Å². The Hall–Kier alpha value is -6.03. The lowest BCUT2D eigenvalue weighted by Gasteiger charge is -2.24. The molecule has 4 unspecified atom stereocenters. The quantitative estimate of drug-likeness (QED) is 0.0425. The minimum Gasteiger partial charge on any atom is -0.370 e. The maximum absolute atomic E-state index is 13.2. The first kappa shape index (κ1) is 41.4. The molecule has 0 aliphatic rings. The van der Waals surface area contributed by atoms with Gasteiger partial charge in [-0.15, -0.1) is 0 Å². The lowest BCUT2D eigenvalue weighted by Crippen LogP contribution is -2.54. The van der Waals surface area contributed by atoms with Crippen molar-refractivity contribution in [1.82, 2.24) is 37.2 Å². The van der Waals surface area contributed by atoms with Gasteiger partial charge in [0.1, 0.15) is 0 Å². The van der Waals surface area contributed by atoms with Gasteiger partial charge in [0.05, 0.1) is 12.1 Å². The van der Waals surface area contributed by atoms with E-state index in [1.807, 2.05) is 91.0 Å². The van der Waals surface area contributed by atoms with Crippen LogP contribution in [0.1, 0.15) is 29.5 Å². The summed E-state index contributed by atoms with van der Waals surface area (Å²) in [6, 6.07) is 25.0. The molecule has 16 nitrogen and oxygen atoms in total. The summed E-state index contributed by atoms with van der Waals surface area (Å²) in [5.74, 6) is -0.0438. The van der Waals surface area contributed by atoms with Crippen LogP contribution in [-0.4, -0.2) is 87.0 Å². The summed E-state index contributed by atoms with van der Waals surface area (Å²) in [7, 11) is 0. The number of rotatable bonds is 21. The van der Waals surface area contributed by atoms with Crippen LogP contribution in [0, 0.1) is 0 Å². The molecule has 3 rings (SSSR count). The van der Waals surface area contributed by atoms with Crippen molar-refractivity contribution >= 4 is 30.1 Å². The first-order valence-electron chi connectivity index (χ1n) is 17.7. The highest BCUT2D eigenvalue weighted by Crippen LogP contribution is 2.06. The standard InChI is InChI=1S/C37H54N12O4/c38-22-30(19-26-11-4-1-5-12-26)48-36(52)45-25-32(21-28-15-8-3-9-16-28)49-37(53)43-23-29(17-10-18-42-33(39)40)47-35(51)44-24-31(46-34(41)50)20-27-13-6-2-7-14-27/h1-9,11-16,29-32H,10,17-25,38H2,(H4,39,40,42)(H3,41,46,50)(H2,43,49,53)(H2,44,47,51)(H2,45,48,52). The van der Waals surface area contributed by atoms with Crippen molar-refractivity contribution in [3.8, 4) is 0 Å². The maximum Gasteiger partial charge on any atom is 0.315 e. The first-order valence-corrected chi connectivity index (χ1v) is 17.7. The van der Waals surface area contributed by atoms with E-state index in [9.17, 15) is 19.2 Å². The predicted molar refractivity (Wildman–Crippen MR) is 207 cm³/mol. The Balaban J connectivity index is 1.58. The van der Waals surface area contributed by atoms with E-state index in [-0.39, 0.29) is 38.2 Å². The maximum atomic E-state index is 13.2.